The van der Waals surface area contributed by atoms with Gasteiger partial charge in [-0.3, -0.25) is 0 Å². The van der Waals surface area contributed by atoms with E-state index in [4.69, 9.17) is 0 Å². The van der Waals surface area contributed by atoms with Crippen LogP contribution in [0.2, 0.25) is 9.26 Å². The van der Waals surface area contributed by atoms with Crippen molar-refractivity contribution in [3.8, 4) is 22.3 Å². The van der Waals surface area contributed by atoms with Crippen molar-refractivity contribution in [2.24, 2.45) is 0 Å². The molecule has 0 fully saturated rings. The van der Waals surface area contributed by atoms with E-state index in [9.17, 15) is 0 Å². The van der Waals surface area contributed by atoms with Gasteiger partial charge in [0.15, 0.2) is 0 Å². The predicted molar refractivity (Wildman–Crippen MR) is 213 cm³/mol. The SMILES string of the molecule is Cl.Cl.[CH3][Zr]([CH3])(=[SiH2])([CH]1C(c2ccccc2)=Cc2c(-c3ccccc3)cccc21)[CH]1C(c2ccccc2)=Cc2c(-c3ccccc3)cccc21. The summed E-state index contributed by atoms with van der Waals surface area (Å²) in [6, 6.07) is 58.4. The van der Waals surface area contributed by atoms with E-state index in [-0.39, 0.29) is 24.8 Å². The Balaban J connectivity index is 0.00000201. The minimum absolute atomic E-state index is 0. The molecule has 0 nitrogen and oxygen atoms in total. The number of benzene rings is 6. The molecular formula is C44H40Cl2SiZr. The van der Waals surface area contributed by atoms with Crippen molar-refractivity contribution in [1.29, 1.82) is 0 Å². The Kier molecular flexibility index (Phi) is 9.60. The fourth-order valence-corrected chi connectivity index (χ4v) is 27.0. The maximum absolute atomic E-state index is 3.96. The normalized spacial score (nSPS) is 16.5. The van der Waals surface area contributed by atoms with Crippen molar-refractivity contribution in [2.75, 3.05) is 0 Å². The van der Waals surface area contributed by atoms with Gasteiger partial charge in [0.2, 0.25) is 0 Å². The van der Waals surface area contributed by atoms with Gasteiger partial charge in [0.1, 0.15) is 0 Å². The first-order valence-corrected chi connectivity index (χ1v) is 30.0. The molecule has 0 spiro atoms. The van der Waals surface area contributed by atoms with Gasteiger partial charge in [0.05, 0.1) is 0 Å². The van der Waals surface area contributed by atoms with E-state index < -0.39 is 17.4 Å². The number of allylic oxidation sites excluding steroid dienone is 2. The van der Waals surface area contributed by atoms with Crippen molar-refractivity contribution in [3.63, 3.8) is 0 Å². The van der Waals surface area contributed by atoms with Crippen LogP contribution in [0.5, 0.6) is 0 Å². The third-order valence-electron chi connectivity index (χ3n) is 10.4. The van der Waals surface area contributed by atoms with Crippen LogP contribution in [-0.4, -0.2) is 6.88 Å². The zero-order chi connectivity index (χ0) is 31.3. The number of rotatable bonds is 6. The van der Waals surface area contributed by atoms with E-state index in [0.717, 1.165) is 0 Å². The molecule has 8 rings (SSSR count). The average molecular weight is 759 g/mol. The molecule has 0 saturated heterocycles. The van der Waals surface area contributed by atoms with Crippen LogP contribution in [0.25, 0.3) is 45.6 Å². The summed E-state index contributed by atoms with van der Waals surface area (Å²) in [5, 5.41) is 0. The second kappa shape index (κ2) is 13.4. The van der Waals surface area contributed by atoms with Gasteiger partial charge in [-0.15, -0.1) is 24.8 Å². The van der Waals surface area contributed by atoms with E-state index in [1.807, 2.05) is 0 Å². The van der Waals surface area contributed by atoms with Crippen LogP contribution in [0.15, 0.2) is 158 Å². The summed E-state index contributed by atoms with van der Waals surface area (Å²) < 4.78 is 6.22. The van der Waals surface area contributed by atoms with E-state index in [0.29, 0.717) is 7.25 Å². The van der Waals surface area contributed by atoms with Crippen LogP contribution in [0.3, 0.4) is 0 Å². The molecule has 0 amide bonds. The van der Waals surface area contributed by atoms with Gasteiger partial charge in [0.25, 0.3) is 0 Å². The molecule has 6 aromatic rings. The van der Waals surface area contributed by atoms with Gasteiger partial charge < -0.3 is 0 Å². The predicted octanol–water partition coefficient (Wildman–Crippen LogP) is 12.1. The van der Waals surface area contributed by atoms with Gasteiger partial charge in [-0.1, -0.05) is 0 Å². The molecule has 48 heavy (non-hydrogen) atoms. The quantitative estimate of drug-likeness (QED) is 0.148. The average Bonchev–Trinajstić information content (AvgIpc) is 3.71. The summed E-state index contributed by atoms with van der Waals surface area (Å²) in [6.45, 7) is 2.42. The summed E-state index contributed by atoms with van der Waals surface area (Å²) in [5.74, 6) is 0. The minimum atomic E-state index is -3.96. The maximum atomic E-state index is 2.75. The van der Waals surface area contributed by atoms with Crippen LogP contribution in [0.1, 0.15) is 40.6 Å². The molecule has 0 aromatic heterocycles. The van der Waals surface area contributed by atoms with Gasteiger partial charge in [0, 0.05) is 0 Å². The molecule has 2 unspecified atom stereocenters. The molecule has 0 aliphatic heterocycles. The van der Waals surface area contributed by atoms with Gasteiger partial charge in [-0.05, 0) is 0 Å². The fourth-order valence-electron chi connectivity index (χ4n) is 8.51. The molecule has 4 heteroatoms. The fraction of sp³-hybridized carbons (Fsp3) is 0.0909. The molecule has 238 valence electrons. The molecule has 2 atom stereocenters. The third kappa shape index (κ3) is 5.78. The second-order valence-electron chi connectivity index (χ2n) is 14.1. The van der Waals surface area contributed by atoms with Gasteiger partial charge >= 0.3 is 277 Å². The molecule has 0 bridgehead atoms. The molecule has 0 heterocycles. The number of fused-ring (bicyclic) bond motifs is 2. The molecule has 2 aliphatic rings. The standard InChI is InChI=1S/2C21H15.2CH3.2ClH.H2Si.Zr/c2*1-3-8-16(9-4-1)19-14-18-12-7-13-20(21(18)15-19)17-10-5-2-6-11-17;;;;;;/h2*1-15H;2*1H3;2*1H;1H2;. The topological polar surface area (TPSA) is 0 Å². The third-order valence-corrected chi connectivity index (χ3v) is 27.6. The number of hydrogen-bond acceptors (Lipinski definition) is 0. The van der Waals surface area contributed by atoms with Crippen LogP contribution in [0.4, 0.5) is 0 Å². The van der Waals surface area contributed by atoms with E-state index in [1.54, 1.807) is 0 Å². The molecule has 0 saturated carbocycles. The molecule has 2 aliphatic carbocycles. The zero-order valence-corrected chi connectivity index (χ0v) is 32.8. The molecule has 6 aromatic carbocycles. The van der Waals surface area contributed by atoms with Crippen molar-refractivity contribution in [3.05, 3.63) is 191 Å². The number of hydrogen-bond donors (Lipinski definition) is 0. The van der Waals surface area contributed by atoms with Crippen LogP contribution < -0.4 is 0 Å². The second-order valence-corrected chi connectivity index (χ2v) is 44.6. The first-order chi connectivity index (χ1) is 22.4. The summed E-state index contributed by atoms with van der Waals surface area (Å²) in [6.07, 6.45) is 5.10. The van der Waals surface area contributed by atoms with Crippen LogP contribution >= 0.6 is 24.8 Å². The monoisotopic (exact) mass is 756 g/mol. The Morgan fingerprint density at radius 1 is 0.396 bits per heavy atom. The van der Waals surface area contributed by atoms with Crippen molar-refractivity contribution in [1.82, 2.24) is 0 Å². The van der Waals surface area contributed by atoms with E-state index >= 15 is 0 Å². The Morgan fingerprint density at radius 2 is 0.708 bits per heavy atom. The summed E-state index contributed by atoms with van der Waals surface area (Å²) in [7, 11) is 0. The summed E-state index contributed by atoms with van der Waals surface area (Å²) >= 11 is -3.96. The summed E-state index contributed by atoms with van der Waals surface area (Å²) in [4.78, 5) is 0. The Labute approximate surface area is 300 Å². The first-order valence-electron chi connectivity index (χ1n) is 16.4. The Hall–Kier alpha value is -3.52. The zero-order valence-electron chi connectivity index (χ0n) is 27.3. The first kappa shape index (κ1) is 34.3. The Morgan fingerprint density at radius 3 is 1.04 bits per heavy atom. The van der Waals surface area contributed by atoms with Crippen molar-refractivity contribution >= 4 is 55.0 Å². The summed E-state index contributed by atoms with van der Waals surface area (Å²) in [5.41, 5.74) is 16.7. The van der Waals surface area contributed by atoms with E-state index in [2.05, 4.69) is 186 Å². The van der Waals surface area contributed by atoms with Crippen LogP contribution in [0, 0.1) is 0 Å². The van der Waals surface area contributed by atoms with Crippen molar-refractivity contribution in [2.45, 2.75) is 16.5 Å². The Bertz CT molecular complexity index is 2060. The molecule has 0 N–H and O–H groups in total. The molecular weight excluding hydrogens is 719 g/mol. The number of halogens is 2. The van der Waals surface area contributed by atoms with Crippen LogP contribution in [-0.2, 0) is 17.4 Å². The van der Waals surface area contributed by atoms with Gasteiger partial charge in [-0.25, -0.2) is 0 Å². The van der Waals surface area contributed by atoms with Crippen molar-refractivity contribution < 1.29 is 17.4 Å². The van der Waals surface area contributed by atoms with E-state index in [1.165, 1.54) is 66.8 Å². The van der Waals surface area contributed by atoms with Gasteiger partial charge in [-0.2, -0.15) is 0 Å². The molecule has 0 radical (unpaired) electrons.